The minimum Gasteiger partial charge on any atom is -0.365 e. The van der Waals surface area contributed by atoms with E-state index in [9.17, 15) is 14.0 Å². The van der Waals surface area contributed by atoms with Gasteiger partial charge in [0, 0.05) is 46.5 Å². The zero-order valence-electron chi connectivity index (χ0n) is 21.2. The Bertz CT molecular complexity index is 1340. The normalized spacial score (nSPS) is 18.2. The second-order valence-electron chi connectivity index (χ2n) is 6.93. The van der Waals surface area contributed by atoms with Crippen LogP contribution in [0.25, 0.3) is 11.0 Å². The monoisotopic (exact) mass is 415 g/mol. The van der Waals surface area contributed by atoms with Crippen molar-refractivity contribution in [3.8, 4) is 0 Å². The molecule has 1 saturated heterocycles. The van der Waals surface area contributed by atoms with Gasteiger partial charge in [-0.15, -0.1) is 0 Å². The molecule has 0 aliphatic carbocycles. The number of carbonyl (C=O) groups excluding carboxylic acids is 1. The smallest absolute Gasteiger partial charge is 0.269 e. The number of H-pyrrole nitrogens is 1. The van der Waals surface area contributed by atoms with E-state index in [0.717, 1.165) is 0 Å². The van der Waals surface area contributed by atoms with Crippen molar-refractivity contribution in [1.82, 2.24) is 25.2 Å². The van der Waals surface area contributed by atoms with E-state index in [4.69, 9.17) is 6.85 Å². The van der Waals surface area contributed by atoms with Gasteiger partial charge in [0.15, 0.2) is 0 Å². The van der Waals surface area contributed by atoms with Gasteiger partial charge in [0.25, 0.3) is 11.5 Å². The molecule has 0 radical (unpaired) electrons. The maximum absolute atomic E-state index is 14.6. The highest BCUT2D eigenvalue weighted by Crippen LogP contribution is 2.21. The van der Waals surface area contributed by atoms with Gasteiger partial charge in [-0.3, -0.25) is 14.5 Å². The summed E-state index contributed by atoms with van der Waals surface area (Å²) in [5, 5.41) is 1.76. The molecule has 2 N–H and O–H groups in total. The topological polar surface area (TPSA) is 94.2 Å². The van der Waals surface area contributed by atoms with Crippen LogP contribution in [-0.4, -0.2) is 58.9 Å². The molecule has 2 aromatic heterocycles. The number of piperazine rings is 1. The van der Waals surface area contributed by atoms with E-state index < -0.39 is 25.3 Å². The van der Waals surface area contributed by atoms with Crippen molar-refractivity contribution in [1.29, 1.82) is 0 Å². The molecule has 1 aliphatic rings. The number of pyridine rings is 1. The number of rotatable bonds is 4. The number of anilines is 1. The van der Waals surface area contributed by atoms with Crippen LogP contribution in [0.1, 0.15) is 28.6 Å². The summed E-state index contributed by atoms with van der Waals surface area (Å²) in [6.45, 7) is -1.82. The Labute approximate surface area is 179 Å². The second-order valence-corrected chi connectivity index (χ2v) is 6.93. The van der Waals surface area contributed by atoms with E-state index in [1.807, 2.05) is 0 Å². The number of aromatic nitrogens is 3. The minimum atomic E-state index is -2.71. The maximum Gasteiger partial charge on any atom is 0.269 e. The molecule has 0 atom stereocenters. The van der Waals surface area contributed by atoms with Crippen molar-refractivity contribution in [2.45, 2.75) is 13.4 Å². The van der Waals surface area contributed by atoms with Crippen LogP contribution in [0.15, 0.2) is 35.1 Å². The van der Waals surface area contributed by atoms with Crippen molar-refractivity contribution in [2.75, 3.05) is 38.1 Å². The zero-order chi connectivity index (χ0) is 25.5. The van der Waals surface area contributed by atoms with Crippen molar-refractivity contribution >= 4 is 22.6 Å². The second kappa shape index (κ2) is 8.19. The fraction of sp³-hybridized carbons (Fsp3) is 0.333. The van der Waals surface area contributed by atoms with Crippen LogP contribution in [-0.2, 0) is 6.50 Å². The molecule has 156 valence electrons. The molecular formula is C21H23FN6O2. The Balaban J connectivity index is 1.47. The number of halogens is 1. The Kier molecular flexibility index (Phi) is 3.99. The fourth-order valence-electron chi connectivity index (χ4n) is 3.34. The maximum atomic E-state index is 14.6. The minimum absolute atomic E-state index is 0.139. The summed E-state index contributed by atoms with van der Waals surface area (Å²) in [6.07, 6.45) is 0. The van der Waals surface area contributed by atoms with Gasteiger partial charge >= 0.3 is 0 Å². The molecule has 1 fully saturated rings. The van der Waals surface area contributed by atoms with E-state index in [1.165, 1.54) is 12.1 Å². The lowest BCUT2D eigenvalue weighted by Crippen LogP contribution is -2.46. The van der Waals surface area contributed by atoms with Crippen LogP contribution in [0.4, 0.5) is 10.1 Å². The number of aryl methyl sites for hydroxylation is 1. The van der Waals surface area contributed by atoms with Crippen molar-refractivity contribution < 1.29 is 16.0 Å². The summed E-state index contributed by atoms with van der Waals surface area (Å²) in [6, 6.07) is 7.47. The Morgan fingerprint density at radius 2 is 2.07 bits per heavy atom. The van der Waals surface area contributed by atoms with Crippen LogP contribution in [0.2, 0.25) is 0 Å². The number of hydrogen-bond donors (Lipinski definition) is 2. The van der Waals surface area contributed by atoms with Gasteiger partial charge in [0.1, 0.15) is 11.4 Å². The zero-order valence-corrected chi connectivity index (χ0v) is 16.2. The first-order valence-electron chi connectivity index (χ1n) is 11.9. The molecule has 30 heavy (non-hydrogen) atoms. The third-order valence-electron chi connectivity index (χ3n) is 4.94. The van der Waals surface area contributed by atoms with Crippen LogP contribution in [0, 0.1) is 12.9 Å². The van der Waals surface area contributed by atoms with E-state index in [0.29, 0.717) is 35.4 Å². The summed E-state index contributed by atoms with van der Waals surface area (Å²) >= 11 is 0. The summed E-state index contributed by atoms with van der Waals surface area (Å²) < 4.78 is 53.2. The molecule has 3 heterocycles. The Morgan fingerprint density at radius 1 is 1.27 bits per heavy atom. The summed E-state index contributed by atoms with van der Waals surface area (Å²) in [5.41, 5.74) is 1.15. The van der Waals surface area contributed by atoms with Crippen molar-refractivity contribution in [3.05, 3.63) is 63.6 Å². The number of nitrogens with one attached hydrogen (secondary N) is 2. The standard InChI is InChI=1S/C21H23FN6O2/c1-13-20(29)26-17-11-14(3-4-15(17)24-13)12-27-7-9-28(10-8-27)18-6-5-16(21(30)23-2)25-19(18)22/h3-6,11H,7-10,12H2,1-2H3,(H,23,30)(H,26,29)/i2D3,12D2. The van der Waals surface area contributed by atoms with E-state index >= 15 is 0 Å². The highest BCUT2D eigenvalue weighted by molar-refractivity contribution is 5.92. The van der Waals surface area contributed by atoms with E-state index in [-0.39, 0.29) is 30.0 Å². The lowest BCUT2D eigenvalue weighted by molar-refractivity contribution is 0.0957. The van der Waals surface area contributed by atoms with Gasteiger partial charge in [-0.2, -0.15) is 4.39 Å². The van der Waals surface area contributed by atoms with Crippen LogP contribution < -0.4 is 15.8 Å². The predicted molar refractivity (Wildman–Crippen MR) is 112 cm³/mol. The fourth-order valence-corrected chi connectivity index (χ4v) is 3.34. The van der Waals surface area contributed by atoms with E-state index in [1.54, 1.807) is 40.2 Å². The lowest BCUT2D eigenvalue weighted by Gasteiger charge is -2.36. The number of hydrogen-bond acceptors (Lipinski definition) is 6. The molecule has 1 amide bonds. The Hall–Kier alpha value is -3.33. The number of benzene rings is 1. The highest BCUT2D eigenvalue weighted by Gasteiger charge is 2.21. The molecule has 0 saturated carbocycles. The molecule has 3 aromatic rings. The van der Waals surface area contributed by atoms with Gasteiger partial charge in [-0.05, 0) is 36.8 Å². The van der Waals surface area contributed by atoms with Gasteiger partial charge in [-0.25, -0.2) is 9.97 Å². The first-order valence-corrected chi connectivity index (χ1v) is 9.35. The van der Waals surface area contributed by atoms with Crippen LogP contribution in [0.5, 0.6) is 0 Å². The van der Waals surface area contributed by atoms with Gasteiger partial charge in [0.05, 0.1) is 16.7 Å². The van der Waals surface area contributed by atoms with Crippen molar-refractivity contribution in [3.63, 3.8) is 0 Å². The molecule has 0 spiro atoms. The molecule has 0 unspecified atom stereocenters. The average molecular weight is 415 g/mol. The summed E-state index contributed by atoms with van der Waals surface area (Å²) in [7, 11) is 0. The third kappa shape index (κ3) is 4.02. The quantitative estimate of drug-likeness (QED) is 0.627. The van der Waals surface area contributed by atoms with Crippen LogP contribution >= 0.6 is 0 Å². The average Bonchev–Trinajstić information content (AvgIpc) is 2.78. The summed E-state index contributed by atoms with van der Waals surface area (Å²) in [4.78, 5) is 37.7. The SMILES string of the molecule is [2H]C([2H])([2H])NC(=O)c1ccc(N2CCN(C([2H])([2H])c3ccc4nc(C)c(=O)[nH]c4c3)CC2)c(F)n1. The lowest BCUT2D eigenvalue weighted by atomic mass is 10.1. The molecule has 1 aromatic carbocycles. The number of nitrogens with zero attached hydrogens (tertiary/aromatic N) is 4. The van der Waals surface area contributed by atoms with Gasteiger partial charge in [0.2, 0.25) is 5.95 Å². The number of carbonyl (C=O) groups is 1. The molecule has 1 aliphatic heterocycles. The Morgan fingerprint density at radius 3 is 2.80 bits per heavy atom. The largest absolute Gasteiger partial charge is 0.365 e. The molecule has 0 bridgehead atoms. The molecule has 8 nitrogen and oxygen atoms in total. The highest BCUT2D eigenvalue weighted by atomic mass is 19.1. The molecule has 4 rings (SSSR count). The molecule has 9 heteroatoms. The van der Waals surface area contributed by atoms with Gasteiger partial charge in [-0.1, -0.05) is 6.07 Å². The van der Waals surface area contributed by atoms with Gasteiger partial charge < -0.3 is 15.2 Å². The predicted octanol–water partition coefficient (Wildman–Crippen LogP) is 1.45. The third-order valence-corrected chi connectivity index (χ3v) is 4.94. The molecular weight excluding hydrogens is 387 g/mol. The van der Waals surface area contributed by atoms with Crippen LogP contribution in [0.3, 0.4) is 0 Å². The first-order chi connectivity index (χ1) is 16.3. The number of fused-ring (bicyclic) bond motifs is 1. The number of aromatic amines is 1. The first kappa shape index (κ1) is 14.6. The summed E-state index contributed by atoms with van der Waals surface area (Å²) in [5.74, 6) is -1.92. The van der Waals surface area contributed by atoms with E-state index in [2.05, 4.69) is 15.0 Å². The van der Waals surface area contributed by atoms with Crippen molar-refractivity contribution in [2.24, 2.45) is 0 Å². The number of amides is 1.